The van der Waals surface area contributed by atoms with Crippen molar-refractivity contribution in [3.63, 3.8) is 0 Å². The maximum atomic E-state index is 11.9. The number of urea groups is 1. The van der Waals surface area contributed by atoms with Crippen LogP contribution in [-0.4, -0.2) is 57.5 Å². The van der Waals surface area contributed by atoms with Crippen molar-refractivity contribution in [2.75, 3.05) is 26.2 Å². The minimum Gasteiger partial charge on any atom is -0.336 e. The second kappa shape index (κ2) is 9.65. The molecule has 1 aliphatic rings. The number of rotatable bonds is 5. The molecular formula is C17H29N4O4S+. The van der Waals surface area contributed by atoms with Crippen LogP contribution in [0.25, 0.3) is 0 Å². The Morgan fingerprint density at radius 2 is 1.69 bits per heavy atom. The zero-order valence-corrected chi connectivity index (χ0v) is 16.6. The summed E-state index contributed by atoms with van der Waals surface area (Å²) in [5, 5.41) is 0. The fraction of sp³-hybridized carbons (Fsp3) is 0.529. The topological polar surface area (TPSA) is 114 Å². The zero-order chi connectivity index (χ0) is 19.9. The standard InChI is InChI=1S/C11H13N3O4S.C6H15N/c1-7-2-4-8(5-3-7)19(17,18)13-11(16)14-6-9(12)10(14)15;1-4-7(5-2)6-3/h2-5,9H,6,12H2,1H3,(H,13,16);4-6H2,1-3H3/p+1/t9-;/m0./s1. The van der Waals surface area contributed by atoms with Gasteiger partial charge in [0.15, 0.2) is 0 Å². The SMILES string of the molecule is CC[NH+](CC)CC.Cc1ccc(S(=O)(=O)NC(=O)N2C[C@H](N)C2=O)cc1. The van der Waals surface area contributed by atoms with Gasteiger partial charge in [-0.25, -0.2) is 17.9 Å². The Kier molecular flexibility index (Phi) is 8.19. The fourth-order valence-corrected chi connectivity index (χ4v) is 3.28. The lowest BCUT2D eigenvalue weighted by Gasteiger charge is -2.33. The van der Waals surface area contributed by atoms with Crippen molar-refractivity contribution in [2.45, 2.75) is 38.6 Å². The van der Waals surface area contributed by atoms with E-state index in [0.29, 0.717) is 0 Å². The highest BCUT2D eigenvalue weighted by atomic mass is 32.2. The summed E-state index contributed by atoms with van der Waals surface area (Å²) in [5.41, 5.74) is 6.22. The Bertz CT molecular complexity index is 709. The van der Waals surface area contributed by atoms with E-state index in [2.05, 4.69) is 20.8 Å². The van der Waals surface area contributed by atoms with Crippen LogP contribution < -0.4 is 15.4 Å². The van der Waals surface area contributed by atoms with Crippen LogP contribution in [0.3, 0.4) is 0 Å². The number of quaternary nitrogens is 1. The molecule has 2 rings (SSSR count). The van der Waals surface area contributed by atoms with Crippen LogP contribution in [0.15, 0.2) is 29.2 Å². The number of benzene rings is 1. The van der Waals surface area contributed by atoms with Gasteiger partial charge in [0.05, 0.1) is 31.1 Å². The maximum absolute atomic E-state index is 11.9. The number of hydrogen-bond acceptors (Lipinski definition) is 5. The lowest BCUT2D eigenvalue weighted by Crippen LogP contribution is -3.11. The molecule has 0 aliphatic carbocycles. The molecule has 146 valence electrons. The first-order valence-corrected chi connectivity index (χ1v) is 10.2. The van der Waals surface area contributed by atoms with Crippen LogP contribution in [0.2, 0.25) is 0 Å². The third-order valence-electron chi connectivity index (χ3n) is 4.26. The van der Waals surface area contributed by atoms with Gasteiger partial charge in [-0.15, -0.1) is 0 Å². The highest BCUT2D eigenvalue weighted by Crippen LogP contribution is 2.12. The van der Waals surface area contributed by atoms with E-state index in [9.17, 15) is 18.0 Å². The summed E-state index contributed by atoms with van der Waals surface area (Å²) in [4.78, 5) is 25.2. The van der Waals surface area contributed by atoms with Crippen LogP contribution in [-0.2, 0) is 14.8 Å². The van der Waals surface area contributed by atoms with E-state index < -0.39 is 28.0 Å². The Hall–Kier alpha value is -1.97. The molecule has 3 amide bonds. The van der Waals surface area contributed by atoms with Crippen molar-refractivity contribution in [2.24, 2.45) is 5.73 Å². The van der Waals surface area contributed by atoms with Gasteiger partial charge in [0.1, 0.15) is 6.04 Å². The first kappa shape index (κ1) is 22.1. The van der Waals surface area contributed by atoms with E-state index in [4.69, 9.17) is 5.73 Å². The van der Waals surface area contributed by atoms with Gasteiger partial charge < -0.3 is 10.6 Å². The van der Waals surface area contributed by atoms with Crippen LogP contribution >= 0.6 is 0 Å². The average molecular weight is 386 g/mol. The van der Waals surface area contributed by atoms with Gasteiger partial charge in [-0.1, -0.05) is 17.7 Å². The summed E-state index contributed by atoms with van der Waals surface area (Å²) < 4.78 is 25.6. The van der Waals surface area contributed by atoms with Gasteiger partial charge in [0.2, 0.25) is 5.91 Å². The molecule has 0 aromatic heterocycles. The number of nitrogens with two attached hydrogens (primary N) is 1. The highest BCUT2D eigenvalue weighted by Gasteiger charge is 2.39. The van der Waals surface area contributed by atoms with Crippen LogP contribution in [0.1, 0.15) is 26.3 Å². The lowest BCUT2D eigenvalue weighted by atomic mass is 10.1. The van der Waals surface area contributed by atoms with Crippen molar-refractivity contribution < 1.29 is 22.9 Å². The van der Waals surface area contributed by atoms with Gasteiger partial charge >= 0.3 is 6.03 Å². The second-order valence-corrected chi connectivity index (χ2v) is 7.77. The molecule has 0 saturated carbocycles. The van der Waals surface area contributed by atoms with Gasteiger partial charge in [-0.3, -0.25) is 9.69 Å². The first-order valence-electron chi connectivity index (χ1n) is 8.70. The number of amides is 3. The van der Waals surface area contributed by atoms with E-state index >= 15 is 0 Å². The molecule has 1 aromatic carbocycles. The number of sulfonamides is 1. The summed E-state index contributed by atoms with van der Waals surface area (Å²) in [7, 11) is -3.97. The molecule has 1 saturated heterocycles. The maximum Gasteiger partial charge on any atom is 0.338 e. The molecule has 9 heteroatoms. The number of carbonyl (C=O) groups is 2. The van der Waals surface area contributed by atoms with E-state index in [0.717, 1.165) is 10.5 Å². The van der Waals surface area contributed by atoms with E-state index in [-0.39, 0.29) is 11.4 Å². The van der Waals surface area contributed by atoms with Gasteiger partial charge in [0, 0.05) is 0 Å². The predicted octanol–water partition coefficient (Wildman–Crippen LogP) is -0.506. The Morgan fingerprint density at radius 1 is 1.19 bits per heavy atom. The molecule has 1 aromatic rings. The number of aryl methyl sites for hydroxylation is 1. The second-order valence-electron chi connectivity index (χ2n) is 6.09. The molecule has 4 N–H and O–H groups in total. The number of nitrogens with one attached hydrogen (secondary N) is 2. The van der Waals surface area contributed by atoms with Crippen molar-refractivity contribution in [1.82, 2.24) is 9.62 Å². The number of imide groups is 1. The fourth-order valence-electron chi connectivity index (χ4n) is 2.33. The van der Waals surface area contributed by atoms with Crippen LogP contribution in [0.5, 0.6) is 0 Å². The molecule has 0 radical (unpaired) electrons. The summed E-state index contributed by atoms with van der Waals surface area (Å²) in [6, 6.07) is 4.29. The van der Waals surface area contributed by atoms with E-state index in [1.807, 2.05) is 11.6 Å². The molecule has 26 heavy (non-hydrogen) atoms. The number of nitrogens with zero attached hydrogens (tertiary/aromatic N) is 1. The number of likely N-dealkylation sites (tertiary alicyclic amines) is 1. The first-order chi connectivity index (χ1) is 12.2. The number of carbonyl (C=O) groups excluding carboxylic acids is 2. The minimum atomic E-state index is -3.97. The monoisotopic (exact) mass is 385 g/mol. The predicted molar refractivity (Wildman–Crippen MR) is 99.2 cm³/mol. The van der Waals surface area contributed by atoms with Crippen molar-refractivity contribution in [3.8, 4) is 0 Å². The summed E-state index contributed by atoms with van der Waals surface area (Å²) >= 11 is 0. The number of hydrogen-bond donors (Lipinski definition) is 3. The quantitative estimate of drug-likeness (QED) is 0.591. The van der Waals surface area contributed by atoms with Crippen molar-refractivity contribution >= 4 is 22.0 Å². The van der Waals surface area contributed by atoms with Crippen LogP contribution in [0.4, 0.5) is 4.79 Å². The van der Waals surface area contributed by atoms with E-state index in [1.54, 1.807) is 17.0 Å². The smallest absolute Gasteiger partial charge is 0.336 e. The minimum absolute atomic E-state index is 0.0219. The molecule has 1 aliphatic heterocycles. The van der Waals surface area contributed by atoms with Crippen molar-refractivity contribution in [3.05, 3.63) is 29.8 Å². The van der Waals surface area contributed by atoms with Gasteiger partial charge in [0.25, 0.3) is 10.0 Å². The van der Waals surface area contributed by atoms with Crippen molar-refractivity contribution in [1.29, 1.82) is 0 Å². The normalized spacial score (nSPS) is 16.6. The molecule has 0 unspecified atom stereocenters. The molecule has 0 spiro atoms. The summed E-state index contributed by atoms with van der Waals surface area (Å²) in [5.74, 6) is -0.586. The molecule has 0 bridgehead atoms. The molecule has 8 nitrogen and oxygen atoms in total. The van der Waals surface area contributed by atoms with Gasteiger partial charge in [-0.2, -0.15) is 0 Å². The number of β-lactam (4-membered cyclic amide) rings is 1. The Balaban J connectivity index is 0.000000412. The third-order valence-corrected chi connectivity index (χ3v) is 5.60. The van der Waals surface area contributed by atoms with Gasteiger partial charge in [-0.05, 0) is 39.8 Å². The largest absolute Gasteiger partial charge is 0.338 e. The Morgan fingerprint density at radius 3 is 2.04 bits per heavy atom. The Labute approximate surface area is 155 Å². The van der Waals surface area contributed by atoms with Crippen LogP contribution in [0, 0.1) is 6.92 Å². The summed E-state index contributed by atoms with van der Waals surface area (Å²) in [6.07, 6.45) is 0. The molecule has 1 atom stereocenters. The van der Waals surface area contributed by atoms with E-state index in [1.165, 1.54) is 31.8 Å². The molecule has 1 fully saturated rings. The molecular weight excluding hydrogens is 356 g/mol. The zero-order valence-electron chi connectivity index (χ0n) is 15.8. The average Bonchev–Trinajstić information content (AvgIpc) is 2.61. The lowest BCUT2D eigenvalue weighted by molar-refractivity contribution is -0.894. The summed E-state index contributed by atoms with van der Waals surface area (Å²) in [6.45, 7) is 12.3. The molecule has 1 heterocycles. The third kappa shape index (κ3) is 5.79. The highest BCUT2D eigenvalue weighted by molar-refractivity contribution is 7.90.